The van der Waals surface area contributed by atoms with E-state index in [0.29, 0.717) is 12.6 Å². The molecule has 1 aliphatic rings. The second-order valence-corrected chi connectivity index (χ2v) is 5.26. The SMILES string of the molecule is CNCCC1CCCCN1Cc1ccc(F)c(F)c1. The van der Waals surface area contributed by atoms with Gasteiger partial charge in [-0.05, 0) is 57.1 Å². The highest BCUT2D eigenvalue weighted by Crippen LogP contribution is 2.22. The second kappa shape index (κ2) is 6.96. The Morgan fingerprint density at radius 1 is 1.26 bits per heavy atom. The second-order valence-electron chi connectivity index (χ2n) is 5.26. The van der Waals surface area contributed by atoms with Crippen molar-refractivity contribution in [1.29, 1.82) is 0 Å². The Labute approximate surface area is 113 Å². The molecule has 1 unspecified atom stereocenters. The maximum absolute atomic E-state index is 13.2. The highest BCUT2D eigenvalue weighted by atomic mass is 19.2. The van der Waals surface area contributed by atoms with E-state index in [1.54, 1.807) is 6.07 Å². The monoisotopic (exact) mass is 268 g/mol. The molecule has 0 saturated carbocycles. The van der Waals surface area contributed by atoms with Crippen LogP contribution < -0.4 is 5.32 Å². The Morgan fingerprint density at radius 2 is 2.11 bits per heavy atom. The summed E-state index contributed by atoms with van der Waals surface area (Å²) in [5, 5.41) is 3.18. The van der Waals surface area contributed by atoms with E-state index < -0.39 is 11.6 Å². The highest BCUT2D eigenvalue weighted by Gasteiger charge is 2.22. The smallest absolute Gasteiger partial charge is 0.159 e. The first-order chi connectivity index (χ1) is 9.20. The van der Waals surface area contributed by atoms with Gasteiger partial charge in [0.2, 0.25) is 0 Å². The van der Waals surface area contributed by atoms with Gasteiger partial charge in [-0.25, -0.2) is 8.78 Å². The molecule has 1 heterocycles. The van der Waals surface area contributed by atoms with Crippen LogP contribution in [0.5, 0.6) is 0 Å². The van der Waals surface area contributed by atoms with Crippen molar-refractivity contribution in [2.45, 2.75) is 38.3 Å². The maximum atomic E-state index is 13.2. The Morgan fingerprint density at radius 3 is 2.84 bits per heavy atom. The summed E-state index contributed by atoms with van der Waals surface area (Å²) in [6.07, 6.45) is 4.77. The Bertz CT molecular complexity index is 409. The van der Waals surface area contributed by atoms with Gasteiger partial charge < -0.3 is 5.32 Å². The van der Waals surface area contributed by atoms with Crippen molar-refractivity contribution in [1.82, 2.24) is 10.2 Å². The zero-order valence-electron chi connectivity index (χ0n) is 11.5. The van der Waals surface area contributed by atoms with E-state index >= 15 is 0 Å². The molecule has 19 heavy (non-hydrogen) atoms. The Kier molecular flexibility index (Phi) is 5.28. The van der Waals surface area contributed by atoms with Crippen LogP contribution in [0.2, 0.25) is 0 Å². The van der Waals surface area contributed by atoms with Crippen molar-refractivity contribution in [3.8, 4) is 0 Å². The standard InChI is InChI=1S/C15H22F2N2/c1-18-8-7-13-4-2-3-9-19(13)11-12-5-6-14(16)15(17)10-12/h5-6,10,13,18H,2-4,7-9,11H2,1H3. The zero-order chi connectivity index (χ0) is 13.7. The molecule has 0 aliphatic carbocycles. The minimum Gasteiger partial charge on any atom is -0.320 e. The third-order valence-electron chi connectivity index (χ3n) is 3.85. The molecular formula is C15H22F2N2. The Balaban J connectivity index is 1.99. The average Bonchev–Trinajstić information content (AvgIpc) is 2.42. The molecule has 1 fully saturated rings. The fourth-order valence-electron chi connectivity index (χ4n) is 2.78. The number of benzene rings is 1. The van der Waals surface area contributed by atoms with Crippen LogP contribution in [0.1, 0.15) is 31.2 Å². The quantitative estimate of drug-likeness (QED) is 0.883. The van der Waals surface area contributed by atoms with Gasteiger partial charge in [0.25, 0.3) is 0 Å². The predicted octanol–water partition coefficient (Wildman–Crippen LogP) is 2.93. The van der Waals surface area contributed by atoms with Crippen LogP contribution in [0, 0.1) is 11.6 Å². The summed E-state index contributed by atoms with van der Waals surface area (Å²) in [5.41, 5.74) is 0.857. The van der Waals surface area contributed by atoms with Crippen LogP contribution in [0.25, 0.3) is 0 Å². The molecule has 1 aromatic carbocycles. The van der Waals surface area contributed by atoms with E-state index in [-0.39, 0.29) is 0 Å². The van der Waals surface area contributed by atoms with Crippen molar-refractivity contribution in [2.24, 2.45) is 0 Å². The van der Waals surface area contributed by atoms with Gasteiger partial charge in [-0.1, -0.05) is 12.5 Å². The van der Waals surface area contributed by atoms with E-state index in [1.807, 2.05) is 7.05 Å². The van der Waals surface area contributed by atoms with Gasteiger partial charge in [-0.15, -0.1) is 0 Å². The van der Waals surface area contributed by atoms with Crippen LogP contribution in [0.4, 0.5) is 8.78 Å². The molecule has 4 heteroatoms. The minimum atomic E-state index is -0.769. The lowest BCUT2D eigenvalue weighted by Crippen LogP contribution is -2.40. The first kappa shape index (κ1) is 14.4. The molecule has 1 aromatic rings. The summed E-state index contributed by atoms with van der Waals surface area (Å²) in [7, 11) is 1.96. The van der Waals surface area contributed by atoms with Gasteiger partial charge in [-0.3, -0.25) is 4.90 Å². The minimum absolute atomic E-state index is 0.550. The molecule has 0 spiro atoms. The van der Waals surface area contributed by atoms with Gasteiger partial charge in [0, 0.05) is 12.6 Å². The summed E-state index contributed by atoms with van der Waals surface area (Å²) in [6, 6.07) is 4.77. The number of hydrogen-bond acceptors (Lipinski definition) is 2. The lowest BCUT2D eigenvalue weighted by atomic mass is 9.98. The van der Waals surface area contributed by atoms with E-state index in [1.165, 1.54) is 31.4 Å². The van der Waals surface area contributed by atoms with Gasteiger partial charge in [0.05, 0.1) is 0 Å². The molecule has 0 amide bonds. The zero-order valence-corrected chi connectivity index (χ0v) is 11.5. The normalized spacial score (nSPS) is 20.7. The van der Waals surface area contributed by atoms with Crippen LogP contribution >= 0.6 is 0 Å². The van der Waals surface area contributed by atoms with E-state index in [0.717, 1.165) is 25.1 Å². The molecule has 1 aliphatic heterocycles. The van der Waals surface area contributed by atoms with Crippen LogP contribution in [0.15, 0.2) is 18.2 Å². The summed E-state index contributed by atoms with van der Waals surface area (Å²) in [6.45, 7) is 2.76. The molecule has 0 radical (unpaired) electrons. The molecule has 2 rings (SSSR count). The summed E-state index contributed by atoms with van der Waals surface area (Å²) < 4.78 is 26.2. The molecule has 2 nitrogen and oxygen atoms in total. The third-order valence-corrected chi connectivity index (χ3v) is 3.85. The number of halogens is 2. The summed E-state index contributed by atoms with van der Waals surface area (Å²) in [4.78, 5) is 2.40. The first-order valence-electron chi connectivity index (χ1n) is 7.03. The molecular weight excluding hydrogens is 246 g/mol. The van der Waals surface area contributed by atoms with Crippen LogP contribution in [0.3, 0.4) is 0 Å². The number of nitrogens with one attached hydrogen (secondary N) is 1. The van der Waals surface area contributed by atoms with Gasteiger partial charge in [0.15, 0.2) is 11.6 Å². The highest BCUT2D eigenvalue weighted by molar-refractivity contribution is 5.17. The molecule has 1 atom stereocenters. The van der Waals surface area contributed by atoms with E-state index in [2.05, 4.69) is 10.2 Å². The fraction of sp³-hybridized carbons (Fsp3) is 0.600. The lowest BCUT2D eigenvalue weighted by Gasteiger charge is -2.36. The van der Waals surface area contributed by atoms with Crippen molar-refractivity contribution < 1.29 is 8.78 Å². The first-order valence-corrected chi connectivity index (χ1v) is 7.03. The number of rotatable bonds is 5. The molecule has 0 aromatic heterocycles. The largest absolute Gasteiger partial charge is 0.320 e. The third kappa shape index (κ3) is 3.98. The van der Waals surface area contributed by atoms with Crippen molar-refractivity contribution in [3.05, 3.63) is 35.4 Å². The number of nitrogens with zero attached hydrogens (tertiary/aromatic N) is 1. The van der Waals surface area contributed by atoms with Crippen LogP contribution in [-0.2, 0) is 6.54 Å². The number of hydrogen-bond donors (Lipinski definition) is 1. The van der Waals surface area contributed by atoms with Crippen molar-refractivity contribution in [2.75, 3.05) is 20.1 Å². The lowest BCUT2D eigenvalue weighted by molar-refractivity contribution is 0.132. The average molecular weight is 268 g/mol. The molecule has 106 valence electrons. The molecule has 0 bridgehead atoms. The van der Waals surface area contributed by atoms with Crippen molar-refractivity contribution >= 4 is 0 Å². The van der Waals surface area contributed by atoms with Crippen LogP contribution in [-0.4, -0.2) is 31.1 Å². The summed E-state index contributed by atoms with van der Waals surface area (Å²) >= 11 is 0. The number of piperidine rings is 1. The summed E-state index contributed by atoms with van der Waals surface area (Å²) in [5.74, 6) is -1.52. The molecule has 1 N–H and O–H groups in total. The fourth-order valence-corrected chi connectivity index (χ4v) is 2.78. The predicted molar refractivity (Wildman–Crippen MR) is 73.0 cm³/mol. The Hall–Kier alpha value is -1.00. The van der Waals surface area contributed by atoms with E-state index in [9.17, 15) is 8.78 Å². The number of likely N-dealkylation sites (tertiary alicyclic amines) is 1. The van der Waals surface area contributed by atoms with Crippen molar-refractivity contribution in [3.63, 3.8) is 0 Å². The van der Waals surface area contributed by atoms with Gasteiger partial charge in [-0.2, -0.15) is 0 Å². The van der Waals surface area contributed by atoms with Gasteiger partial charge >= 0.3 is 0 Å². The molecule has 1 saturated heterocycles. The van der Waals surface area contributed by atoms with E-state index in [4.69, 9.17) is 0 Å². The topological polar surface area (TPSA) is 15.3 Å². The van der Waals surface area contributed by atoms with Gasteiger partial charge in [0.1, 0.15) is 0 Å². The maximum Gasteiger partial charge on any atom is 0.159 e.